The predicted octanol–water partition coefficient (Wildman–Crippen LogP) is 6.06. The molecule has 0 saturated carbocycles. The standard InChI is InChI=1S/C29H21F2N3O4S2/c1-15-12-18-13-17(8-11-22(18)38-15)25(35)23-24(20-4-2-3-5-21(20)31)34(27(37)26(23)36)28-32-33-29(40-28)39-14-16-6-9-19(30)10-7-16/h2-11,13,15,24,35H,12,14H2,1H3/b25-23+/t15-,24-/m1/s1. The minimum absolute atomic E-state index is 0.0242. The number of aliphatic hydroxyl groups is 1. The van der Waals surface area contributed by atoms with Crippen molar-refractivity contribution in [3.05, 3.63) is 106 Å². The Labute approximate surface area is 236 Å². The second-order valence-electron chi connectivity index (χ2n) is 9.41. The van der Waals surface area contributed by atoms with E-state index in [-0.39, 0.29) is 28.2 Å². The lowest BCUT2D eigenvalue weighted by molar-refractivity contribution is -0.132. The van der Waals surface area contributed by atoms with Crippen molar-refractivity contribution in [2.75, 3.05) is 4.90 Å². The maximum atomic E-state index is 15.2. The SMILES string of the molecule is C[C@@H]1Cc2cc(/C(O)=C3\C(=O)C(=O)N(c4nnc(SCc5ccc(F)cc5)s4)[C@@H]3c3ccccc3F)ccc2O1. The Bertz CT molecular complexity index is 1670. The van der Waals surface area contributed by atoms with Crippen molar-refractivity contribution in [2.24, 2.45) is 0 Å². The minimum Gasteiger partial charge on any atom is -0.507 e. The Morgan fingerprint density at radius 3 is 2.65 bits per heavy atom. The molecular formula is C29H21F2N3O4S2. The molecule has 0 spiro atoms. The van der Waals surface area contributed by atoms with Gasteiger partial charge in [0.2, 0.25) is 5.13 Å². The van der Waals surface area contributed by atoms with Crippen molar-refractivity contribution in [3.8, 4) is 5.75 Å². The summed E-state index contributed by atoms with van der Waals surface area (Å²) in [6.45, 7) is 1.93. The van der Waals surface area contributed by atoms with Crippen LogP contribution in [0.25, 0.3) is 5.76 Å². The van der Waals surface area contributed by atoms with E-state index in [1.807, 2.05) is 6.92 Å². The monoisotopic (exact) mass is 577 g/mol. The van der Waals surface area contributed by atoms with E-state index >= 15 is 4.39 Å². The van der Waals surface area contributed by atoms with Crippen LogP contribution in [-0.4, -0.2) is 33.1 Å². The van der Waals surface area contributed by atoms with Gasteiger partial charge in [-0.05, 0) is 54.4 Å². The van der Waals surface area contributed by atoms with Gasteiger partial charge in [-0.1, -0.05) is 53.4 Å². The summed E-state index contributed by atoms with van der Waals surface area (Å²) < 4.78 is 34.6. The van der Waals surface area contributed by atoms with Gasteiger partial charge < -0.3 is 9.84 Å². The molecule has 1 fully saturated rings. The summed E-state index contributed by atoms with van der Waals surface area (Å²) in [5, 5.41) is 19.7. The number of halogens is 2. The summed E-state index contributed by atoms with van der Waals surface area (Å²) in [5.41, 5.74) is 1.85. The molecular weight excluding hydrogens is 556 g/mol. The zero-order valence-corrected chi connectivity index (χ0v) is 22.6. The molecule has 0 unspecified atom stereocenters. The maximum absolute atomic E-state index is 15.2. The maximum Gasteiger partial charge on any atom is 0.301 e. The number of aromatic nitrogens is 2. The number of fused-ring (bicyclic) bond motifs is 1. The largest absolute Gasteiger partial charge is 0.507 e. The number of benzene rings is 3. The van der Waals surface area contributed by atoms with Crippen molar-refractivity contribution >= 4 is 45.7 Å². The summed E-state index contributed by atoms with van der Waals surface area (Å²) in [4.78, 5) is 27.9. The summed E-state index contributed by atoms with van der Waals surface area (Å²) in [6.07, 6.45) is 0.605. The normalized spacial score (nSPS) is 19.6. The zero-order chi connectivity index (χ0) is 28.0. The molecule has 1 amide bonds. The Hall–Kier alpha value is -4.09. The summed E-state index contributed by atoms with van der Waals surface area (Å²) in [6, 6.07) is 15.6. The van der Waals surface area contributed by atoms with Crippen molar-refractivity contribution in [2.45, 2.75) is 35.6 Å². The highest BCUT2D eigenvalue weighted by molar-refractivity contribution is 8.00. The average Bonchev–Trinajstić information content (AvgIpc) is 3.63. The van der Waals surface area contributed by atoms with E-state index in [0.717, 1.165) is 27.4 Å². The van der Waals surface area contributed by atoms with Gasteiger partial charge in [0.05, 0.1) is 5.57 Å². The molecule has 202 valence electrons. The van der Waals surface area contributed by atoms with Gasteiger partial charge in [0.1, 0.15) is 35.3 Å². The second kappa shape index (κ2) is 10.5. The fourth-order valence-corrected chi connectivity index (χ4v) is 6.65. The van der Waals surface area contributed by atoms with Crippen LogP contribution in [0.3, 0.4) is 0 Å². The number of nitrogens with zero attached hydrogens (tertiary/aromatic N) is 3. The first kappa shape index (κ1) is 26.1. The van der Waals surface area contributed by atoms with Gasteiger partial charge in [0.15, 0.2) is 4.34 Å². The van der Waals surface area contributed by atoms with Crippen molar-refractivity contribution in [1.29, 1.82) is 0 Å². The smallest absolute Gasteiger partial charge is 0.301 e. The number of amides is 1. The first-order valence-electron chi connectivity index (χ1n) is 12.4. The van der Waals surface area contributed by atoms with E-state index in [9.17, 15) is 19.1 Å². The van der Waals surface area contributed by atoms with Crippen LogP contribution in [0.15, 0.2) is 76.6 Å². The molecule has 11 heteroatoms. The van der Waals surface area contributed by atoms with Gasteiger partial charge in [-0.2, -0.15) is 0 Å². The first-order valence-corrected chi connectivity index (χ1v) is 14.2. The molecule has 0 aliphatic carbocycles. The number of rotatable bonds is 6. The number of anilines is 1. The molecule has 40 heavy (non-hydrogen) atoms. The molecule has 3 heterocycles. The molecule has 2 atom stereocenters. The number of carbonyl (C=O) groups is 2. The van der Waals surface area contributed by atoms with E-state index in [2.05, 4.69) is 10.2 Å². The van der Waals surface area contributed by atoms with Gasteiger partial charge >= 0.3 is 5.91 Å². The fourth-order valence-electron chi connectivity index (χ4n) is 4.83. The fraction of sp³-hybridized carbons (Fsp3) is 0.172. The zero-order valence-electron chi connectivity index (χ0n) is 21.0. The lowest BCUT2D eigenvalue weighted by Crippen LogP contribution is -2.29. The van der Waals surface area contributed by atoms with Gasteiger partial charge in [-0.15, -0.1) is 10.2 Å². The summed E-state index contributed by atoms with van der Waals surface area (Å²) >= 11 is 2.39. The lowest BCUT2D eigenvalue weighted by atomic mass is 9.94. The number of hydrogen-bond acceptors (Lipinski definition) is 8. The molecule has 1 saturated heterocycles. The number of thioether (sulfide) groups is 1. The molecule has 4 aromatic rings. The van der Waals surface area contributed by atoms with E-state index < -0.39 is 29.3 Å². The molecule has 1 N–H and O–H groups in total. The van der Waals surface area contributed by atoms with Gasteiger partial charge in [-0.25, -0.2) is 8.78 Å². The third-order valence-electron chi connectivity index (χ3n) is 6.69. The van der Waals surface area contributed by atoms with E-state index in [1.54, 1.807) is 36.4 Å². The Morgan fingerprint density at radius 2 is 1.88 bits per heavy atom. The summed E-state index contributed by atoms with van der Waals surface area (Å²) in [5.74, 6) is -2.12. The molecule has 1 aromatic heterocycles. The van der Waals surface area contributed by atoms with Crippen molar-refractivity contribution in [1.82, 2.24) is 10.2 Å². The van der Waals surface area contributed by atoms with Gasteiger partial charge in [0.25, 0.3) is 5.78 Å². The van der Waals surface area contributed by atoms with Crippen LogP contribution in [0.4, 0.5) is 13.9 Å². The van der Waals surface area contributed by atoms with Crippen molar-refractivity contribution < 1.29 is 28.2 Å². The number of Topliss-reactive ketones (excluding diaryl/α,β-unsaturated/α-hetero) is 1. The Morgan fingerprint density at radius 1 is 1.10 bits per heavy atom. The highest BCUT2D eigenvalue weighted by Gasteiger charge is 2.49. The number of carbonyl (C=O) groups excluding carboxylic acids is 2. The molecule has 6 rings (SSSR count). The van der Waals surface area contributed by atoms with Crippen LogP contribution >= 0.6 is 23.1 Å². The quantitative estimate of drug-likeness (QED) is 0.0980. The first-order chi connectivity index (χ1) is 19.3. The molecule has 2 aliphatic rings. The second-order valence-corrected chi connectivity index (χ2v) is 11.6. The highest BCUT2D eigenvalue weighted by Crippen LogP contribution is 2.45. The minimum atomic E-state index is -1.26. The Kier molecular flexibility index (Phi) is 6.85. The van der Waals surface area contributed by atoms with E-state index in [4.69, 9.17) is 4.74 Å². The van der Waals surface area contributed by atoms with E-state index in [1.165, 1.54) is 42.1 Å². The lowest BCUT2D eigenvalue weighted by Gasteiger charge is -2.22. The van der Waals surface area contributed by atoms with Crippen molar-refractivity contribution in [3.63, 3.8) is 0 Å². The highest BCUT2D eigenvalue weighted by atomic mass is 32.2. The van der Waals surface area contributed by atoms with Crippen LogP contribution in [-0.2, 0) is 21.8 Å². The third-order valence-corrected chi connectivity index (χ3v) is 8.82. The Balaban J connectivity index is 1.39. The molecule has 2 aliphatic heterocycles. The number of ether oxygens (including phenoxy) is 1. The van der Waals surface area contributed by atoms with Crippen LogP contribution in [0.2, 0.25) is 0 Å². The molecule has 7 nitrogen and oxygen atoms in total. The molecule has 0 radical (unpaired) electrons. The average molecular weight is 578 g/mol. The van der Waals surface area contributed by atoms with Gasteiger partial charge in [0, 0.05) is 23.3 Å². The van der Waals surface area contributed by atoms with Gasteiger partial charge in [-0.3, -0.25) is 14.5 Å². The molecule has 0 bridgehead atoms. The van der Waals surface area contributed by atoms with Crippen LogP contribution < -0.4 is 9.64 Å². The number of ketones is 1. The number of aliphatic hydroxyl groups excluding tert-OH is 1. The summed E-state index contributed by atoms with van der Waals surface area (Å²) in [7, 11) is 0. The predicted molar refractivity (Wildman–Crippen MR) is 147 cm³/mol. The molecule has 3 aromatic carbocycles. The van der Waals surface area contributed by atoms with Crippen LogP contribution in [0.1, 0.15) is 35.2 Å². The topological polar surface area (TPSA) is 92.6 Å². The third kappa shape index (κ3) is 4.75. The van der Waals surface area contributed by atoms with Crippen LogP contribution in [0.5, 0.6) is 5.75 Å². The van der Waals surface area contributed by atoms with E-state index in [0.29, 0.717) is 27.8 Å². The number of hydrogen-bond donors (Lipinski definition) is 1. The van der Waals surface area contributed by atoms with Crippen LogP contribution in [0, 0.1) is 11.6 Å².